The molecule has 0 aliphatic rings. The van der Waals surface area contributed by atoms with Gasteiger partial charge in [-0.25, -0.2) is 59.8 Å². The number of hydrogen-bond donors (Lipinski definition) is 4. The highest BCUT2D eigenvalue weighted by molar-refractivity contribution is 5.73. The van der Waals surface area contributed by atoms with Gasteiger partial charge in [0.05, 0.1) is 79.7 Å². The van der Waals surface area contributed by atoms with E-state index in [9.17, 15) is 4.79 Å². The van der Waals surface area contributed by atoms with Crippen LogP contribution in [0.2, 0.25) is 0 Å². The fraction of sp³-hybridized carbons (Fsp3) is 0.662. The number of esters is 1. The molecule has 0 saturated heterocycles. The van der Waals surface area contributed by atoms with Crippen LogP contribution in [-0.2, 0) is 90.3 Å². The quantitative estimate of drug-likeness (QED) is 0.0654. The van der Waals surface area contributed by atoms with E-state index in [2.05, 4.69) is 219 Å². The Morgan fingerprint density at radius 1 is 0.422 bits per heavy atom. The van der Waals surface area contributed by atoms with Gasteiger partial charge in [0.25, 0.3) is 0 Å². The molecule has 0 atom stereocenters. The molecule has 22 nitrogen and oxygen atoms in total. The van der Waals surface area contributed by atoms with E-state index in [4.69, 9.17) is 42.1 Å². The van der Waals surface area contributed by atoms with Crippen LogP contribution >= 0.6 is 0 Å². The van der Waals surface area contributed by atoms with Crippen LogP contribution in [0.3, 0.4) is 0 Å². The number of nitrogen functional groups attached to an aromatic ring is 4. The summed E-state index contributed by atoms with van der Waals surface area (Å²) in [6.45, 7) is 63.5. The molecule has 8 N–H and O–H groups in total. The number of aromatic nitrogens is 12. The van der Waals surface area contributed by atoms with Crippen LogP contribution in [0, 0.1) is 41.5 Å². The van der Waals surface area contributed by atoms with E-state index >= 15 is 0 Å². The van der Waals surface area contributed by atoms with Crippen molar-refractivity contribution < 1.29 is 19.0 Å². The van der Waals surface area contributed by atoms with E-state index in [0.29, 0.717) is 49.5 Å². The summed E-state index contributed by atoms with van der Waals surface area (Å²) < 4.78 is 15.1. The molecule has 0 aromatic carbocycles. The molecule has 6 aromatic heterocycles. The predicted octanol–water partition coefficient (Wildman–Crippen LogP) is 15.7. The molecule has 102 heavy (non-hydrogen) atoms. The first-order valence-electron chi connectivity index (χ1n) is 34.5. The van der Waals surface area contributed by atoms with Gasteiger partial charge < -0.3 is 46.9 Å². The second-order valence-electron chi connectivity index (χ2n) is 32.3. The van der Waals surface area contributed by atoms with Crippen LogP contribution in [0.15, 0.2) is 6.58 Å². The fourth-order valence-electron chi connectivity index (χ4n) is 11.0. The average Bonchev–Trinajstić information content (AvgIpc) is 0.837. The highest BCUT2D eigenvalue weighted by atomic mass is 16.5. The summed E-state index contributed by atoms with van der Waals surface area (Å²) in [5.74, 6) is 3.29. The number of nitrogens with two attached hydrogens (primary N) is 4. The standard InChI is InChI=1S/C15H25N3O2.C15H27N3O.C12H21N3O.2C12H21N3.C11H17N3.3CH4/c1-10-11(8-13(19)20-7)14(15(2,3)4)17-12(16-10)9-18(5)6;1-11-12(8-9-19-7)14(15(2,3)4)17-13(16-11)10-18(5)6;1-8-9(6-7-16-5)10(12(2,3)4)15-11(13)14-8;1-7(2)9-8(3)14-11(13)15-10(9)12(4,5)6;1-6-7-9-8(2)14-11(13)15-10(9)12(3,4)5;1-6-8-7(2)13-10(12)14-9(8)11(3,4)5;;;/h8-9H2,1-7H3;8-10H2,1-7H3;6-7H2,1-5H3,(H2,13,14,15);7H,1-6H3,(H2,13,14,15);6-7H2,1-5H3,(H2,13,14,15);6H,1H2,2-5H3,(H2,12,13,14);3*1H4. The van der Waals surface area contributed by atoms with Crippen molar-refractivity contribution in [1.29, 1.82) is 0 Å². The Kier molecular flexibility index (Phi) is 41.2. The Hall–Kier alpha value is -7.27. The molecular formula is C80H144N18O4. The zero-order chi connectivity index (χ0) is 76.8. The summed E-state index contributed by atoms with van der Waals surface area (Å²) in [5.41, 5.74) is 41.4. The van der Waals surface area contributed by atoms with E-state index in [-0.39, 0.29) is 67.2 Å². The second kappa shape index (κ2) is 42.5. The van der Waals surface area contributed by atoms with E-state index in [1.165, 1.54) is 23.8 Å². The molecule has 578 valence electrons. The van der Waals surface area contributed by atoms with E-state index in [0.717, 1.165) is 129 Å². The smallest absolute Gasteiger partial charge is 0.310 e. The van der Waals surface area contributed by atoms with Gasteiger partial charge in [-0.3, -0.25) is 4.79 Å². The third-order valence-electron chi connectivity index (χ3n) is 15.4. The van der Waals surface area contributed by atoms with Crippen molar-refractivity contribution in [3.05, 3.63) is 120 Å². The lowest BCUT2D eigenvalue weighted by Crippen LogP contribution is -2.24. The number of rotatable bonds is 16. The molecule has 0 unspecified atom stereocenters. The molecule has 0 amide bonds. The largest absolute Gasteiger partial charge is 0.469 e. The maximum Gasteiger partial charge on any atom is 0.310 e. The Balaban J connectivity index is -0.00000115. The van der Waals surface area contributed by atoms with Crippen LogP contribution < -0.4 is 22.9 Å². The van der Waals surface area contributed by atoms with Gasteiger partial charge in [-0.2, -0.15) is 0 Å². The Morgan fingerprint density at radius 3 is 1.01 bits per heavy atom. The average molecular weight is 1420 g/mol. The molecule has 6 rings (SSSR count). The van der Waals surface area contributed by atoms with Gasteiger partial charge in [0, 0.05) is 86.3 Å². The summed E-state index contributed by atoms with van der Waals surface area (Å²) in [4.78, 5) is 68.5. The highest BCUT2D eigenvalue weighted by Gasteiger charge is 2.29. The third-order valence-corrected chi connectivity index (χ3v) is 15.4. The molecular weight excluding hydrogens is 1280 g/mol. The second-order valence-corrected chi connectivity index (χ2v) is 32.3. The lowest BCUT2D eigenvalue weighted by Gasteiger charge is -2.24. The lowest BCUT2D eigenvalue weighted by atomic mass is 9.84. The monoisotopic (exact) mass is 1420 g/mol. The first kappa shape index (κ1) is 98.9. The van der Waals surface area contributed by atoms with Gasteiger partial charge in [0.2, 0.25) is 23.8 Å². The summed E-state index contributed by atoms with van der Waals surface area (Å²) in [6, 6.07) is 0. The van der Waals surface area contributed by atoms with Crippen molar-refractivity contribution in [3.63, 3.8) is 0 Å². The Morgan fingerprint density at radius 2 is 0.706 bits per heavy atom. The molecule has 0 fully saturated rings. The molecule has 22 heteroatoms. The third kappa shape index (κ3) is 32.2. The number of anilines is 4. The number of nitrogens with zero attached hydrogens (tertiary/aromatic N) is 14. The summed E-state index contributed by atoms with van der Waals surface area (Å²) >= 11 is 0. The number of aryl methyl sites for hydroxylation is 6. The molecule has 6 heterocycles. The number of carbonyl (C=O) groups excluding carboxylic acids is 1. The number of ether oxygens (including phenoxy) is 3. The molecule has 0 radical (unpaired) electrons. The topological polar surface area (TPSA) is 310 Å². The van der Waals surface area contributed by atoms with Crippen molar-refractivity contribution in [3.8, 4) is 0 Å². The maximum atomic E-state index is 11.6. The van der Waals surface area contributed by atoms with Gasteiger partial charge in [-0.15, -0.1) is 0 Å². The molecule has 0 saturated carbocycles. The van der Waals surface area contributed by atoms with Gasteiger partial charge in [-0.05, 0) is 117 Å². The SMILES string of the molecule is C.C.C.C=Cc1c(C)nc(N)nc1C(C)(C)C.CCCc1c(C)nc(N)nc1C(C)(C)C.COC(=O)Cc1c(C)nc(CN(C)C)nc1C(C)(C)C.COCCc1c(C)nc(CN(C)C)nc1C(C)(C)C.COCCc1c(C)nc(N)nc1C(C)(C)C.Cc1nc(N)nc(C(C)(C)C)c1C(C)C. The molecule has 0 spiro atoms. The van der Waals surface area contributed by atoms with Crippen LogP contribution in [0.4, 0.5) is 23.8 Å². The molecule has 0 aliphatic heterocycles. The van der Waals surface area contributed by atoms with Crippen molar-refractivity contribution >= 4 is 35.8 Å². The Labute approximate surface area is 620 Å². The van der Waals surface area contributed by atoms with Crippen LogP contribution in [0.5, 0.6) is 0 Å². The fourth-order valence-corrected chi connectivity index (χ4v) is 11.0. The summed E-state index contributed by atoms with van der Waals surface area (Å²) in [5, 5.41) is 0. The van der Waals surface area contributed by atoms with Crippen molar-refractivity contribution in [1.82, 2.24) is 69.6 Å². The highest BCUT2D eigenvalue weighted by Crippen LogP contribution is 2.33. The molecule has 0 bridgehead atoms. The normalized spacial score (nSPS) is 11.5. The van der Waals surface area contributed by atoms with Crippen LogP contribution in [0.1, 0.15) is 293 Å². The number of methoxy groups -OCH3 is 3. The molecule has 6 aromatic rings. The van der Waals surface area contributed by atoms with Crippen LogP contribution in [0.25, 0.3) is 6.08 Å². The summed E-state index contributed by atoms with van der Waals surface area (Å²) in [6.07, 6.45) is 5.84. The first-order valence-corrected chi connectivity index (χ1v) is 34.5. The maximum absolute atomic E-state index is 11.6. The van der Waals surface area contributed by atoms with E-state index in [1.807, 2.05) is 67.7 Å². The van der Waals surface area contributed by atoms with Crippen LogP contribution in [-0.4, -0.2) is 138 Å². The van der Waals surface area contributed by atoms with Crippen molar-refractivity contribution in [2.45, 2.75) is 293 Å². The Bertz CT molecular complexity index is 3560. The van der Waals surface area contributed by atoms with Crippen molar-refractivity contribution in [2.75, 3.05) is 85.7 Å². The number of carbonyl (C=O) groups is 1. The van der Waals surface area contributed by atoms with Gasteiger partial charge in [0.1, 0.15) is 11.6 Å². The molecule has 0 aliphatic carbocycles. The van der Waals surface area contributed by atoms with Gasteiger partial charge in [0.15, 0.2) is 0 Å². The minimum atomic E-state index is -0.262. The predicted molar refractivity (Wildman–Crippen MR) is 430 cm³/mol. The lowest BCUT2D eigenvalue weighted by molar-refractivity contribution is -0.139. The van der Waals surface area contributed by atoms with Gasteiger partial charge >= 0.3 is 5.97 Å². The minimum absolute atomic E-state index is 0. The van der Waals surface area contributed by atoms with Gasteiger partial charge in [-0.1, -0.05) is 187 Å². The van der Waals surface area contributed by atoms with E-state index < -0.39 is 0 Å². The first-order chi connectivity index (χ1) is 45.2. The van der Waals surface area contributed by atoms with E-state index in [1.54, 1.807) is 20.3 Å². The minimum Gasteiger partial charge on any atom is -0.469 e. The number of hydrogen-bond acceptors (Lipinski definition) is 22. The van der Waals surface area contributed by atoms with Crippen molar-refractivity contribution in [2.24, 2.45) is 0 Å². The summed E-state index contributed by atoms with van der Waals surface area (Å²) in [7, 11) is 12.9. The zero-order valence-corrected chi connectivity index (χ0v) is 67.9. The zero-order valence-electron chi connectivity index (χ0n) is 67.9.